The summed E-state index contributed by atoms with van der Waals surface area (Å²) >= 11 is 0. The van der Waals surface area contributed by atoms with Crippen LogP contribution in [0.1, 0.15) is 30.3 Å². The lowest BCUT2D eigenvalue weighted by Gasteiger charge is -2.21. The molecule has 4 aromatic rings. The molecule has 7 nitrogen and oxygen atoms in total. The van der Waals surface area contributed by atoms with Gasteiger partial charge in [0.05, 0.1) is 6.04 Å². The summed E-state index contributed by atoms with van der Waals surface area (Å²) in [5.41, 5.74) is 2.23. The first-order valence-electron chi connectivity index (χ1n) is 9.38. The lowest BCUT2D eigenvalue weighted by molar-refractivity contribution is 0.200. The van der Waals surface area contributed by atoms with Crippen LogP contribution < -0.4 is 5.56 Å². The molecular formula is C21H19N5O2. The molecule has 1 saturated heterocycles. The van der Waals surface area contributed by atoms with E-state index in [1.807, 2.05) is 48.5 Å². The molecule has 0 saturated carbocycles. The van der Waals surface area contributed by atoms with Gasteiger partial charge in [-0.3, -0.25) is 14.7 Å². The highest BCUT2D eigenvalue weighted by molar-refractivity contribution is 5.78. The first-order valence-corrected chi connectivity index (χ1v) is 9.38. The predicted octanol–water partition coefficient (Wildman–Crippen LogP) is 3.31. The highest BCUT2D eigenvalue weighted by Crippen LogP contribution is 2.32. The molecule has 28 heavy (non-hydrogen) atoms. The van der Waals surface area contributed by atoms with Crippen molar-refractivity contribution in [2.24, 2.45) is 0 Å². The van der Waals surface area contributed by atoms with Gasteiger partial charge in [-0.05, 0) is 49.0 Å². The molecule has 7 heteroatoms. The third-order valence-corrected chi connectivity index (χ3v) is 5.19. The van der Waals surface area contributed by atoms with Crippen molar-refractivity contribution in [1.82, 2.24) is 25.0 Å². The van der Waals surface area contributed by atoms with Crippen LogP contribution in [0, 0.1) is 0 Å². The second-order valence-corrected chi connectivity index (χ2v) is 7.01. The van der Waals surface area contributed by atoms with E-state index in [1.54, 1.807) is 6.20 Å². The molecule has 1 aliphatic rings. The average molecular weight is 373 g/mol. The van der Waals surface area contributed by atoms with Crippen LogP contribution in [0.15, 0.2) is 64.0 Å². The molecule has 1 aromatic carbocycles. The van der Waals surface area contributed by atoms with Gasteiger partial charge in [-0.2, -0.15) is 4.98 Å². The zero-order chi connectivity index (χ0) is 18.9. The van der Waals surface area contributed by atoms with Gasteiger partial charge in [0.2, 0.25) is 11.7 Å². The standard InChI is InChI=1S/C21H19N5O2/c27-20-15(12-14-6-1-2-7-16(14)23-20)13-26-11-5-9-18(26)21-24-19(25-28-21)17-8-3-4-10-22-17/h1-4,6-8,10,12,18H,5,9,11,13H2,(H,23,27)/t18-/m1/s1. The number of para-hydroxylation sites is 1. The fourth-order valence-corrected chi connectivity index (χ4v) is 3.79. The van der Waals surface area contributed by atoms with Gasteiger partial charge < -0.3 is 9.51 Å². The van der Waals surface area contributed by atoms with Crippen molar-refractivity contribution in [2.45, 2.75) is 25.4 Å². The van der Waals surface area contributed by atoms with Gasteiger partial charge in [0.15, 0.2) is 0 Å². The van der Waals surface area contributed by atoms with Gasteiger partial charge in [-0.15, -0.1) is 0 Å². The Morgan fingerprint density at radius 3 is 2.96 bits per heavy atom. The summed E-state index contributed by atoms with van der Waals surface area (Å²) in [7, 11) is 0. The Hall–Kier alpha value is -3.32. The Bertz CT molecular complexity index is 1170. The van der Waals surface area contributed by atoms with E-state index in [-0.39, 0.29) is 11.6 Å². The fraction of sp³-hybridized carbons (Fsp3) is 0.238. The van der Waals surface area contributed by atoms with E-state index in [2.05, 4.69) is 25.0 Å². The van der Waals surface area contributed by atoms with Crippen LogP contribution in [0.4, 0.5) is 0 Å². The van der Waals surface area contributed by atoms with E-state index in [9.17, 15) is 4.79 Å². The topological polar surface area (TPSA) is 87.9 Å². The molecule has 4 heterocycles. The highest BCUT2D eigenvalue weighted by Gasteiger charge is 2.31. The van der Waals surface area contributed by atoms with Crippen molar-refractivity contribution < 1.29 is 4.52 Å². The number of likely N-dealkylation sites (tertiary alicyclic amines) is 1. The second-order valence-electron chi connectivity index (χ2n) is 7.01. The van der Waals surface area contributed by atoms with Crippen molar-refractivity contribution in [2.75, 3.05) is 6.54 Å². The van der Waals surface area contributed by atoms with Crippen LogP contribution in [0.5, 0.6) is 0 Å². The lowest BCUT2D eigenvalue weighted by atomic mass is 10.1. The van der Waals surface area contributed by atoms with Crippen LogP contribution in [-0.2, 0) is 6.54 Å². The maximum Gasteiger partial charge on any atom is 0.252 e. The van der Waals surface area contributed by atoms with E-state index in [0.29, 0.717) is 24.0 Å². The number of hydrogen-bond acceptors (Lipinski definition) is 6. The number of aromatic nitrogens is 4. The molecule has 5 rings (SSSR count). The third kappa shape index (κ3) is 3.10. The van der Waals surface area contributed by atoms with Gasteiger partial charge in [0.25, 0.3) is 5.56 Å². The Balaban J connectivity index is 1.41. The van der Waals surface area contributed by atoms with Gasteiger partial charge in [0, 0.05) is 23.8 Å². The van der Waals surface area contributed by atoms with Crippen molar-refractivity contribution in [3.63, 3.8) is 0 Å². The summed E-state index contributed by atoms with van der Waals surface area (Å²) < 4.78 is 5.54. The third-order valence-electron chi connectivity index (χ3n) is 5.19. The fourth-order valence-electron chi connectivity index (χ4n) is 3.79. The Labute approximate surface area is 161 Å². The van der Waals surface area contributed by atoms with Crippen LogP contribution in [-0.4, -0.2) is 31.6 Å². The molecule has 0 radical (unpaired) electrons. The van der Waals surface area contributed by atoms with Crippen LogP contribution in [0.25, 0.3) is 22.4 Å². The molecule has 0 aliphatic carbocycles. The quantitative estimate of drug-likeness (QED) is 0.590. The van der Waals surface area contributed by atoms with Crippen molar-refractivity contribution in [3.8, 4) is 11.5 Å². The molecule has 1 atom stereocenters. The minimum absolute atomic E-state index is 0.0100. The minimum Gasteiger partial charge on any atom is -0.337 e. The van der Waals surface area contributed by atoms with Crippen LogP contribution in [0.3, 0.4) is 0 Å². The smallest absolute Gasteiger partial charge is 0.252 e. The van der Waals surface area contributed by atoms with Crippen LogP contribution in [0.2, 0.25) is 0 Å². The second kappa shape index (κ2) is 7.01. The molecule has 0 bridgehead atoms. The zero-order valence-electron chi connectivity index (χ0n) is 15.2. The molecule has 0 amide bonds. The van der Waals surface area contributed by atoms with E-state index >= 15 is 0 Å². The summed E-state index contributed by atoms with van der Waals surface area (Å²) in [5, 5.41) is 5.12. The van der Waals surface area contributed by atoms with Crippen molar-refractivity contribution >= 4 is 10.9 Å². The Kier molecular flexibility index (Phi) is 4.21. The maximum absolute atomic E-state index is 12.5. The predicted molar refractivity (Wildman–Crippen MR) is 104 cm³/mol. The van der Waals surface area contributed by atoms with Crippen molar-refractivity contribution in [1.29, 1.82) is 0 Å². The Morgan fingerprint density at radius 1 is 1.18 bits per heavy atom. The summed E-state index contributed by atoms with van der Waals surface area (Å²) in [4.78, 5) is 26.5. The molecule has 3 aromatic heterocycles. The van der Waals surface area contributed by atoms with Crippen molar-refractivity contribution in [3.05, 3.63) is 76.5 Å². The van der Waals surface area contributed by atoms with Gasteiger partial charge >= 0.3 is 0 Å². The number of hydrogen-bond donors (Lipinski definition) is 1. The number of benzene rings is 1. The van der Waals surface area contributed by atoms with Gasteiger partial charge in [-0.25, -0.2) is 0 Å². The number of rotatable bonds is 4. The van der Waals surface area contributed by atoms with Gasteiger partial charge in [-0.1, -0.05) is 29.4 Å². The molecule has 0 spiro atoms. The monoisotopic (exact) mass is 373 g/mol. The van der Waals surface area contributed by atoms with E-state index in [1.165, 1.54) is 0 Å². The molecule has 1 fully saturated rings. The number of H-pyrrole nitrogens is 1. The first kappa shape index (κ1) is 16.8. The molecule has 1 N–H and O–H groups in total. The van der Waals surface area contributed by atoms with Crippen LogP contribution >= 0.6 is 0 Å². The summed E-state index contributed by atoms with van der Waals surface area (Å²) in [6.07, 6.45) is 3.66. The normalized spacial score (nSPS) is 17.4. The summed E-state index contributed by atoms with van der Waals surface area (Å²) in [6.45, 7) is 1.43. The lowest BCUT2D eigenvalue weighted by Crippen LogP contribution is -2.27. The summed E-state index contributed by atoms with van der Waals surface area (Å²) in [5.74, 6) is 1.07. The number of nitrogens with zero attached hydrogens (tertiary/aromatic N) is 4. The number of nitrogens with one attached hydrogen (secondary N) is 1. The molecule has 140 valence electrons. The highest BCUT2D eigenvalue weighted by atomic mass is 16.5. The molecular weight excluding hydrogens is 354 g/mol. The molecule has 1 aliphatic heterocycles. The number of aromatic amines is 1. The number of pyridine rings is 2. The largest absolute Gasteiger partial charge is 0.337 e. The van der Waals surface area contributed by atoms with E-state index in [4.69, 9.17) is 4.52 Å². The Morgan fingerprint density at radius 2 is 2.07 bits per heavy atom. The maximum atomic E-state index is 12.5. The van der Waals surface area contributed by atoms with E-state index < -0.39 is 0 Å². The zero-order valence-corrected chi connectivity index (χ0v) is 15.2. The summed E-state index contributed by atoms with van der Waals surface area (Å²) in [6, 6.07) is 15.4. The number of fused-ring (bicyclic) bond motifs is 1. The first-order chi connectivity index (χ1) is 13.8. The average Bonchev–Trinajstić information content (AvgIpc) is 3.38. The van der Waals surface area contributed by atoms with E-state index in [0.717, 1.165) is 35.9 Å². The molecule has 0 unspecified atom stereocenters. The minimum atomic E-state index is -0.0518. The van der Waals surface area contributed by atoms with Gasteiger partial charge in [0.1, 0.15) is 5.69 Å². The SMILES string of the molecule is O=c1[nH]c2ccccc2cc1CN1CCC[C@@H]1c1nc(-c2ccccn2)no1.